The second kappa shape index (κ2) is 5.85. The standard InChI is InChI=1S/C13H21BrN2O/c1-4-16(9-13(2,3)17)8-10-5-6-11(15)7-12(10)14/h5-7,17H,4,8-9,15H2,1-3H3. The number of hydrogen-bond acceptors (Lipinski definition) is 3. The number of benzene rings is 1. The van der Waals surface area contributed by atoms with Crippen LogP contribution in [0.3, 0.4) is 0 Å². The van der Waals surface area contributed by atoms with Crippen molar-refractivity contribution in [2.24, 2.45) is 0 Å². The molecule has 0 aromatic heterocycles. The maximum Gasteiger partial charge on any atom is 0.0718 e. The molecule has 4 heteroatoms. The number of halogens is 1. The predicted octanol–water partition coefficient (Wildman–Crippen LogP) is 2.62. The van der Waals surface area contributed by atoms with E-state index in [2.05, 4.69) is 27.8 Å². The average molecular weight is 301 g/mol. The zero-order valence-corrected chi connectivity index (χ0v) is 12.3. The summed E-state index contributed by atoms with van der Waals surface area (Å²) >= 11 is 3.52. The third-order valence-electron chi connectivity index (χ3n) is 2.53. The molecular weight excluding hydrogens is 280 g/mol. The van der Waals surface area contributed by atoms with Crippen LogP contribution in [0, 0.1) is 0 Å². The van der Waals surface area contributed by atoms with Crippen molar-refractivity contribution in [1.29, 1.82) is 0 Å². The van der Waals surface area contributed by atoms with Crippen molar-refractivity contribution in [3.05, 3.63) is 28.2 Å². The molecule has 0 saturated heterocycles. The third-order valence-corrected chi connectivity index (χ3v) is 3.27. The predicted molar refractivity (Wildman–Crippen MR) is 75.8 cm³/mol. The molecule has 0 bridgehead atoms. The first-order valence-corrected chi connectivity index (χ1v) is 6.60. The zero-order chi connectivity index (χ0) is 13.1. The van der Waals surface area contributed by atoms with Crippen molar-refractivity contribution < 1.29 is 5.11 Å². The maximum atomic E-state index is 9.84. The van der Waals surface area contributed by atoms with Gasteiger partial charge in [0.15, 0.2) is 0 Å². The zero-order valence-electron chi connectivity index (χ0n) is 10.7. The Kier molecular flexibility index (Phi) is 4.98. The maximum absolute atomic E-state index is 9.84. The molecular formula is C13H21BrN2O. The first-order valence-electron chi connectivity index (χ1n) is 5.80. The number of rotatable bonds is 5. The highest BCUT2D eigenvalue weighted by Crippen LogP contribution is 2.22. The Balaban J connectivity index is 2.74. The molecule has 0 aliphatic carbocycles. The Morgan fingerprint density at radius 3 is 2.53 bits per heavy atom. The number of hydrogen-bond donors (Lipinski definition) is 2. The number of anilines is 1. The molecule has 0 amide bonds. The summed E-state index contributed by atoms with van der Waals surface area (Å²) in [5.41, 5.74) is 6.98. The van der Waals surface area contributed by atoms with Crippen molar-refractivity contribution in [1.82, 2.24) is 4.90 Å². The molecule has 0 unspecified atom stereocenters. The van der Waals surface area contributed by atoms with Crippen LogP contribution in [0.2, 0.25) is 0 Å². The fraction of sp³-hybridized carbons (Fsp3) is 0.538. The van der Waals surface area contributed by atoms with Gasteiger partial charge in [-0.3, -0.25) is 4.90 Å². The largest absolute Gasteiger partial charge is 0.399 e. The first kappa shape index (κ1) is 14.5. The molecule has 1 rings (SSSR count). The van der Waals surface area contributed by atoms with Gasteiger partial charge in [-0.15, -0.1) is 0 Å². The van der Waals surface area contributed by atoms with Crippen LogP contribution in [0.25, 0.3) is 0 Å². The van der Waals surface area contributed by atoms with Crippen LogP contribution in [0.5, 0.6) is 0 Å². The Labute approximate surface area is 112 Å². The molecule has 0 fully saturated rings. The van der Waals surface area contributed by atoms with E-state index in [9.17, 15) is 5.11 Å². The SMILES string of the molecule is CCN(Cc1ccc(N)cc1Br)CC(C)(C)O. The van der Waals surface area contributed by atoms with Crippen LogP contribution >= 0.6 is 15.9 Å². The summed E-state index contributed by atoms with van der Waals surface area (Å²) in [6, 6.07) is 5.83. The monoisotopic (exact) mass is 300 g/mol. The molecule has 0 heterocycles. The molecule has 0 radical (unpaired) electrons. The number of nitrogens with two attached hydrogens (primary N) is 1. The molecule has 0 atom stereocenters. The second-order valence-corrected chi connectivity index (χ2v) is 5.82. The normalized spacial score (nSPS) is 12.1. The van der Waals surface area contributed by atoms with Gasteiger partial charge in [0.1, 0.15) is 0 Å². The molecule has 0 spiro atoms. The fourth-order valence-electron chi connectivity index (χ4n) is 1.76. The number of likely N-dealkylation sites (N-methyl/N-ethyl adjacent to an activating group) is 1. The Morgan fingerprint density at radius 2 is 2.06 bits per heavy atom. The topological polar surface area (TPSA) is 49.5 Å². The third kappa shape index (κ3) is 5.06. The van der Waals surface area contributed by atoms with E-state index < -0.39 is 5.60 Å². The van der Waals surface area contributed by atoms with Crippen LogP contribution in [0.1, 0.15) is 26.3 Å². The molecule has 1 aromatic rings. The summed E-state index contributed by atoms with van der Waals surface area (Å²) in [4.78, 5) is 2.20. The summed E-state index contributed by atoms with van der Waals surface area (Å²) in [7, 11) is 0. The van der Waals surface area contributed by atoms with Gasteiger partial charge in [0.25, 0.3) is 0 Å². The molecule has 17 heavy (non-hydrogen) atoms. The smallest absolute Gasteiger partial charge is 0.0718 e. The van der Waals surface area contributed by atoms with E-state index in [1.54, 1.807) is 0 Å². The van der Waals surface area contributed by atoms with E-state index in [0.29, 0.717) is 6.54 Å². The van der Waals surface area contributed by atoms with Crippen LogP contribution in [0.4, 0.5) is 5.69 Å². The van der Waals surface area contributed by atoms with Crippen molar-refractivity contribution >= 4 is 21.6 Å². The lowest BCUT2D eigenvalue weighted by Gasteiger charge is -2.28. The Hall–Kier alpha value is -0.580. The highest BCUT2D eigenvalue weighted by molar-refractivity contribution is 9.10. The molecule has 0 saturated carbocycles. The van der Waals surface area contributed by atoms with Crippen molar-refractivity contribution in [3.8, 4) is 0 Å². The summed E-state index contributed by atoms with van der Waals surface area (Å²) in [6.07, 6.45) is 0. The minimum absolute atomic E-state index is 0.653. The summed E-state index contributed by atoms with van der Waals surface area (Å²) in [5.74, 6) is 0. The van der Waals surface area contributed by atoms with Gasteiger partial charge in [0.05, 0.1) is 5.60 Å². The minimum atomic E-state index is -0.670. The van der Waals surface area contributed by atoms with Gasteiger partial charge in [0.2, 0.25) is 0 Å². The molecule has 1 aromatic carbocycles. The molecule has 96 valence electrons. The molecule has 0 aliphatic heterocycles. The number of nitrogen functional groups attached to an aromatic ring is 1. The lowest BCUT2D eigenvalue weighted by Crippen LogP contribution is -2.38. The van der Waals surface area contributed by atoms with E-state index in [1.807, 2.05) is 32.0 Å². The fourth-order valence-corrected chi connectivity index (χ4v) is 2.28. The van der Waals surface area contributed by atoms with Crippen molar-refractivity contribution in [2.45, 2.75) is 32.9 Å². The van der Waals surface area contributed by atoms with E-state index in [4.69, 9.17) is 5.73 Å². The first-order chi connectivity index (χ1) is 7.81. The summed E-state index contributed by atoms with van der Waals surface area (Å²) in [5, 5.41) is 9.84. The lowest BCUT2D eigenvalue weighted by atomic mass is 10.1. The number of aliphatic hydroxyl groups is 1. The van der Waals surface area contributed by atoms with Gasteiger partial charge in [0, 0.05) is 23.2 Å². The van der Waals surface area contributed by atoms with E-state index in [-0.39, 0.29) is 0 Å². The van der Waals surface area contributed by atoms with Crippen molar-refractivity contribution in [2.75, 3.05) is 18.8 Å². The molecule has 3 nitrogen and oxygen atoms in total. The van der Waals surface area contributed by atoms with E-state index in [1.165, 1.54) is 5.56 Å². The van der Waals surface area contributed by atoms with Gasteiger partial charge in [-0.25, -0.2) is 0 Å². The van der Waals surface area contributed by atoms with Crippen LogP contribution in [-0.4, -0.2) is 28.7 Å². The average Bonchev–Trinajstić information content (AvgIpc) is 2.19. The van der Waals surface area contributed by atoms with Gasteiger partial charge in [-0.2, -0.15) is 0 Å². The Morgan fingerprint density at radius 1 is 1.41 bits per heavy atom. The van der Waals surface area contributed by atoms with E-state index in [0.717, 1.165) is 23.2 Å². The number of nitrogens with zero attached hydrogens (tertiary/aromatic N) is 1. The van der Waals surface area contributed by atoms with Gasteiger partial charge < -0.3 is 10.8 Å². The molecule has 3 N–H and O–H groups in total. The lowest BCUT2D eigenvalue weighted by molar-refractivity contribution is 0.0353. The van der Waals surface area contributed by atoms with Gasteiger partial charge in [-0.05, 0) is 38.1 Å². The highest BCUT2D eigenvalue weighted by atomic mass is 79.9. The highest BCUT2D eigenvalue weighted by Gasteiger charge is 2.17. The van der Waals surface area contributed by atoms with Gasteiger partial charge in [-0.1, -0.05) is 28.9 Å². The van der Waals surface area contributed by atoms with Crippen molar-refractivity contribution in [3.63, 3.8) is 0 Å². The quantitative estimate of drug-likeness (QED) is 0.822. The Bertz CT molecular complexity index is 374. The van der Waals surface area contributed by atoms with Crippen LogP contribution < -0.4 is 5.73 Å². The van der Waals surface area contributed by atoms with Crippen LogP contribution in [0.15, 0.2) is 22.7 Å². The minimum Gasteiger partial charge on any atom is -0.399 e. The molecule has 0 aliphatic rings. The van der Waals surface area contributed by atoms with Gasteiger partial charge >= 0.3 is 0 Å². The van der Waals surface area contributed by atoms with Crippen LogP contribution in [-0.2, 0) is 6.54 Å². The summed E-state index contributed by atoms with van der Waals surface area (Å²) < 4.78 is 1.02. The summed E-state index contributed by atoms with van der Waals surface area (Å²) in [6.45, 7) is 8.11. The second-order valence-electron chi connectivity index (χ2n) is 4.97. The van der Waals surface area contributed by atoms with E-state index >= 15 is 0 Å².